The number of aliphatic carboxylic acids is 1. The lowest BCUT2D eigenvalue weighted by Crippen LogP contribution is -2.40. The Bertz CT molecular complexity index is 1210. The number of carbonyl (C=O) groups excluding carboxylic acids is 2. The van der Waals surface area contributed by atoms with Gasteiger partial charge in [-0.05, 0) is 44.9 Å². The van der Waals surface area contributed by atoms with Gasteiger partial charge in [0.2, 0.25) is 0 Å². The smallest absolute Gasteiger partial charge is 0.361 e. The van der Waals surface area contributed by atoms with Gasteiger partial charge in [-0.3, -0.25) is 9.59 Å². The van der Waals surface area contributed by atoms with Gasteiger partial charge in [-0.2, -0.15) is 0 Å². The highest BCUT2D eigenvalue weighted by atomic mass is 16.7. The fourth-order valence-electron chi connectivity index (χ4n) is 8.99. The van der Waals surface area contributed by atoms with Crippen LogP contribution in [-0.4, -0.2) is 87.4 Å². The van der Waals surface area contributed by atoms with E-state index in [0.717, 1.165) is 57.8 Å². The number of carboxylic acid groups (broad SMARTS) is 1. The maximum Gasteiger partial charge on any atom is 0.361 e. The molecule has 0 aromatic heterocycles. The molecular weight excluding hydrogens is 887 g/mol. The molecule has 0 bridgehead atoms. The lowest BCUT2D eigenvalue weighted by Gasteiger charge is -2.25. The molecule has 0 saturated carbocycles. The van der Waals surface area contributed by atoms with Crippen LogP contribution in [-0.2, 0) is 33.3 Å². The first-order valence-electron chi connectivity index (χ1n) is 30.5. The second-order valence-electron chi connectivity index (χ2n) is 22.0. The van der Waals surface area contributed by atoms with Crippen molar-refractivity contribution in [3.8, 4) is 0 Å². The molecule has 0 fully saturated rings. The van der Waals surface area contributed by atoms with Crippen molar-refractivity contribution in [2.75, 3.05) is 47.5 Å². The summed E-state index contributed by atoms with van der Waals surface area (Å²) in [5.41, 5.74) is 0. The summed E-state index contributed by atoms with van der Waals surface area (Å²) < 4.78 is 22.9. The normalized spacial score (nSPS) is 12.9. The SMILES string of the molecule is CCCCC/C=C\C/C=C\CCCCCCCC(=O)OC(COC(=O)CCCCCCCCCCCCCCCCCCCCCCCCCCCCCCCCC)COC(OCC[N+](C)(C)C)C(=O)O. The molecule has 0 aliphatic heterocycles. The second kappa shape index (κ2) is 54.0. The molecule has 71 heavy (non-hydrogen) atoms. The van der Waals surface area contributed by atoms with E-state index in [1.165, 1.54) is 205 Å². The molecule has 1 N–H and O–H groups in total. The van der Waals surface area contributed by atoms with Gasteiger partial charge in [-0.1, -0.05) is 263 Å². The highest BCUT2D eigenvalue weighted by Crippen LogP contribution is 2.18. The van der Waals surface area contributed by atoms with E-state index in [0.29, 0.717) is 23.9 Å². The van der Waals surface area contributed by atoms with E-state index in [9.17, 15) is 19.5 Å². The topological polar surface area (TPSA) is 108 Å². The van der Waals surface area contributed by atoms with Crippen molar-refractivity contribution in [2.24, 2.45) is 0 Å². The number of unbranched alkanes of at least 4 members (excludes halogenated alkanes) is 38. The average Bonchev–Trinajstić information content (AvgIpc) is 3.34. The standard InChI is InChI=1S/C62H117NO8/c1-6-8-10-12-14-16-18-20-22-23-24-25-26-27-28-29-30-31-32-33-34-35-36-37-39-40-42-44-46-48-50-52-59(64)69-56-58(57-70-62(61(66)67)68-55-54-63(3,4)5)71-60(65)53-51-49-47-45-43-41-38-21-19-17-15-13-11-9-7-2/h15,17,21,38,58,62H,6-14,16,18-20,22-37,39-57H2,1-5H3/p+1/b17-15-,38-21-. The molecule has 0 spiro atoms. The fraction of sp³-hybridized carbons (Fsp3) is 0.887. The summed E-state index contributed by atoms with van der Waals surface area (Å²) >= 11 is 0. The first kappa shape index (κ1) is 68.8. The molecule has 0 aliphatic rings. The molecule has 0 saturated heterocycles. The van der Waals surface area contributed by atoms with Crippen LogP contribution in [0, 0.1) is 0 Å². The molecule has 2 atom stereocenters. The molecule has 0 aromatic rings. The minimum absolute atomic E-state index is 0.183. The number of hydrogen-bond acceptors (Lipinski definition) is 7. The van der Waals surface area contributed by atoms with E-state index in [1.54, 1.807) is 0 Å². The van der Waals surface area contributed by atoms with Crippen LogP contribution in [0.1, 0.15) is 296 Å². The monoisotopic (exact) mass is 1000 g/mol. The number of ether oxygens (including phenoxy) is 4. The first-order chi connectivity index (χ1) is 34.6. The van der Waals surface area contributed by atoms with Crippen LogP contribution >= 0.6 is 0 Å². The number of carboxylic acids is 1. The van der Waals surface area contributed by atoms with E-state index in [-0.39, 0.29) is 32.2 Å². The van der Waals surface area contributed by atoms with Gasteiger partial charge >= 0.3 is 17.9 Å². The number of esters is 2. The maximum atomic E-state index is 12.8. The zero-order valence-corrected chi connectivity index (χ0v) is 47.7. The molecule has 9 heteroatoms. The highest BCUT2D eigenvalue weighted by molar-refractivity contribution is 5.71. The van der Waals surface area contributed by atoms with Crippen LogP contribution in [0.15, 0.2) is 24.3 Å². The molecular formula is C62H118NO8+. The number of hydrogen-bond donors (Lipinski definition) is 1. The van der Waals surface area contributed by atoms with Gasteiger partial charge in [0.05, 0.1) is 34.4 Å². The minimum Gasteiger partial charge on any atom is -0.477 e. The third kappa shape index (κ3) is 55.4. The quantitative estimate of drug-likeness (QED) is 0.0211. The third-order valence-corrected chi connectivity index (χ3v) is 13.7. The molecule has 0 aromatic carbocycles. The molecule has 2 unspecified atom stereocenters. The van der Waals surface area contributed by atoms with E-state index in [2.05, 4.69) is 38.2 Å². The highest BCUT2D eigenvalue weighted by Gasteiger charge is 2.25. The van der Waals surface area contributed by atoms with Crippen molar-refractivity contribution in [1.82, 2.24) is 0 Å². The van der Waals surface area contributed by atoms with E-state index < -0.39 is 24.3 Å². The second-order valence-corrected chi connectivity index (χ2v) is 22.0. The Balaban J connectivity index is 4.05. The predicted molar refractivity (Wildman–Crippen MR) is 300 cm³/mol. The van der Waals surface area contributed by atoms with E-state index in [4.69, 9.17) is 18.9 Å². The van der Waals surface area contributed by atoms with Crippen LogP contribution in [0.5, 0.6) is 0 Å². The van der Waals surface area contributed by atoms with Crippen LogP contribution in [0.25, 0.3) is 0 Å². The summed E-state index contributed by atoms with van der Waals surface area (Å²) in [6.45, 7) is 4.88. The fourth-order valence-corrected chi connectivity index (χ4v) is 8.99. The number of carbonyl (C=O) groups is 3. The average molecular weight is 1010 g/mol. The van der Waals surface area contributed by atoms with Crippen LogP contribution in [0.2, 0.25) is 0 Å². The summed E-state index contributed by atoms with van der Waals surface area (Å²) in [6.07, 6.45) is 61.4. The Kier molecular flexibility index (Phi) is 52.3. The van der Waals surface area contributed by atoms with Gasteiger partial charge in [0.25, 0.3) is 6.29 Å². The summed E-state index contributed by atoms with van der Waals surface area (Å²) in [4.78, 5) is 37.4. The van der Waals surface area contributed by atoms with Gasteiger partial charge in [0.15, 0.2) is 6.10 Å². The van der Waals surface area contributed by atoms with E-state index >= 15 is 0 Å². The Morgan fingerprint density at radius 2 is 0.761 bits per heavy atom. The summed E-state index contributed by atoms with van der Waals surface area (Å²) in [6, 6.07) is 0. The lowest BCUT2D eigenvalue weighted by atomic mass is 10.0. The minimum atomic E-state index is -1.51. The van der Waals surface area contributed by atoms with E-state index in [1.807, 2.05) is 21.1 Å². The van der Waals surface area contributed by atoms with Gasteiger partial charge in [0.1, 0.15) is 13.2 Å². The van der Waals surface area contributed by atoms with Crippen molar-refractivity contribution in [1.29, 1.82) is 0 Å². The number of likely N-dealkylation sites (N-methyl/N-ethyl adjacent to an activating group) is 1. The van der Waals surface area contributed by atoms with Crippen LogP contribution in [0.4, 0.5) is 0 Å². The number of quaternary nitrogens is 1. The Morgan fingerprint density at radius 1 is 0.423 bits per heavy atom. The van der Waals surface area contributed by atoms with Crippen LogP contribution in [0.3, 0.4) is 0 Å². The van der Waals surface area contributed by atoms with Crippen LogP contribution < -0.4 is 0 Å². The molecule has 0 heterocycles. The Hall–Kier alpha value is -2.23. The molecule has 0 aliphatic carbocycles. The maximum absolute atomic E-state index is 12.8. The van der Waals surface area contributed by atoms with Gasteiger partial charge in [0, 0.05) is 12.8 Å². The Morgan fingerprint density at radius 3 is 1.14 bits per heavy atom. The number of allylic oxidation sites excluding steroid dienone is 4. The lowest BCUT2D eigenvalue weighted by molar-refractivity contribution is -0.870. The predicted octanol–water partition coefficient (Wildman–Crippen LogP) is 17.9. The van der Waals surface area contributed by atoms with Crippen molar-refractivity contribution in [3.63, 3.8) is 0 Å². The molecule has 418 valence electrons. The van der Waals surface area contributed by atoms with Crippen molar-refractivity contribution in [3.05, 3.63) is 24.3 Å². The molecule has 0 rings (SSSR count). The van der Waals surface area contributed by atoms with Gasteiger partial charge < -0.3 is 28.5 Å². The molecule has 0 radical (unpaired) electrons. The van der Waals surface area contributed by atoms with Crippen molar-refractivity contribution >= 4 is 17.9 Å². The van der Waals surface area contributed by atoms with Crippen molar-refractivity contribution in [2.45, 2.75) is 309 Å². The summed E-state index contributed by atoms with van der Waals surface area (Å²) in [5, 5.41) is 9.69. The summed E-state index contributed by atoms with van der Waals surface area (Å²) in [5.74, 6) is -2.01. The first-order valence-corrected chi connectivity index (χ1v) is 30.5. The third-order valence-electron chi connectivity index (χ3n) is 13.7. The van der Waals surface area contributed by atoms with Gasteiger partial charge in [-0.25, -0.2) is 4.79 Å². The zero-order chi connectivity index (χ0) is 52.0. The van der Waals surface area contributed by atoms with Crippen molar-refractivity contribution < 1.29 is 42.9 Å². The Labute approximate surface area is 439 Å². The largest absolute Gasteiger partial charge is 0.477 e. The zero-order valence-electron chi connectivity index (χ0n) is 47.7. The molecule has 9 nitrogen and oxygen atoms in total. The number of nitrogens with zero attached hydrogens (tertiary/aromatic N) is 1. The molecule has 0 amide bonds. The number of rotatable bonds is 57. The summed E-state index contributed by atoms with van der Waals surface area (Å²) in [7, 11) is 5.97. The van der Waals surface area contributed by atoms with Gasteiger partial charge in [-0.15, -0.1) is 0 Å².